The smallest absolute Gasteiger partial charge is 0.409 e. The zero-order valence-electron chi connectivity index (χ0n) is 11.6. The number of carbonyl (C=O) groups excluding carboxylic acids is 2. The summed E-state index contributed by atoms with van der Waals surface area (Å²) in [5, 5.41) is 0. The summed E-state index contributed by atoms with van der Waals surface area (Å²) in [6, 6.07) is 4.55. The third kappa shape index (κ3) is 2.89. The van der Waals surface area contributed by atoms with Crippen LogP contribution < -0.4 is 0 Å². The number of amides is 2. The normalized spacial score (nSPS) is 15.2. The molecule has 6 heteroatoms. The standard InChI is InChI=1S/C14H17FN2O3/c1-10-3-4-11(12(15)9-10)13(18)16-5-7-17(8-6-16)14(19)20-2/h3-4,9H,5-8H2,1-2H3. The lowest BCUT2D eigenvalue weighted by atomic mass is 10.1. The van der Waals surface area contributed by atoms with Crippen molar-refractivity contribution in [3.8, 4) is 0 Å². The lowest BCUT2D eigenvalue weighted by Crippen LogP contribution is -2.50. The highest BCUT2D eigenvalue weighted by molar-refractivity contribution is 5.94. The van der Waals surface area contributed by atoms with Gasteiger partial charge >= 0.3 is 6.09 Å². The summed E-state index contributed by atoms with van der Waals surface area (Å²) >= 11 is 0. The number of ether oxygens (including phenoxy) is 1. The van der Waals surface area contributed by atoms with Crippen molar-refractivity contribution in [2.75, 3.05) is 33.3 Å². The van der Waals surface area contributed by atoms with Crippen molar-refractivity contribution in [3.63, 3.8) is 0 Å². The minimum absolute atomic E-state index is 0.0714. The van der Waals surface area contributed by atoms with Crippen molar-refractivity contribution in [2.45, 2.75) is 6.92 Å². The third-order valence-electron chi connectivity index (χ3n) is 3.35. The molecule has 1 fully saturated rings. The Hall–Kier alpha value is -2.11. The van der Waals surface area contributed by atoms with Crippen LogP contribution in [0.25, 0.3) is 0 Å². The van der Waals surface area contributed by atoms with Gasteiger partial charge in [-0.15, -0.1) is 0 Å². The van der Waals surface area contributed by atoms with Crippen LogP contribution in [0.4, 0.5) is 9.18 Å². The molecule has 0 atom stereocenters. The van der Waals surface area contributed by atoms with E-state index in [9.17, 15) is 14.0 Å². The Morgan fingerprint density at radius 1 is 1.15 bits per heavy atom. The molecule has 0 aromatic heterocycles. The van der Waals surface area contributed by atoms with Gasteiger partial charge in [0, 0.05) is 26.2 Å². The molecular formula is C14H17FN2O3. The maximum atomic E-state index is 13.8. The summed E-state index contributed by atoms with van der Waals surface area (Å²) in [5.74, 6) is -0.850. The number of halogens is 1. The van der Waals surface area contributed by atoms with Gasteiger partial charge in [0.1, 0.15) is 5.82 Å². The minimum atomic E-state index is -0.509. The quantitative estimate of drug-likeness (QED) is 0.786. The highest BCUT2D eigenvalue weighted by atomic mass is 19.1. The third-order valence-corrected chi connectivity index (χ3v) is 3.35. The highest BCUT2D eigenvalue weighted by Gasteiger charge is 2.26. The van der Waals surface area contributed by atoms with E-state index in [4.69, 9.17) is 0 Å². The van der Waals surface area contributed by atoms with Gasteiger partial charge in [0.15, 0.2) is 0 Å². The van der Waals surface area contributed by atoms with Crippen molar-refractivity contribution in [2.24, 2.45) is 0 Å². The molecular weight excluding hydrogens is 263 g/mol. The molecule has 1 aliphatic rings. The van der Waals surface area contributed by atoms with Gasteiger partial charge in [-0.05, 0) is 24.6 Å². The Kier molecular flexibility index (Phi) is 4.22. The van der Waals surface area contributed by atoms with Crippen LogP contribution in [0.1, 0.15) is 15.9 Å². The molecule has 2 rings (SSSR count). The molecule has 0 unspecified atom stereocenters. The lowest BCUT2D eigenvalue weighted by Gasteiger charge is -2.33. The summed E-state index contributed by atoms with van der Waals surface area (Å²) in [5.41, 5.74) is 0.844. The first-order valence-electron chi connectivity index (χ1n) is 6.41. The van der Waals surface area contributed by atoms with E-state index in [1.807, 2.05) is 0 Å². The fraction of sp³-hybridized carbons (Fsp3) is 0.429. The van der Waals surface area contributed by atoms with E-state index in [2.05, 4.69) is 4.74 Å². The number of rotatable bonds is 1. The first-order valence-corrected chi connectivity index (χ1v) is 6.41. The SMILES string of the molecule is COC(=O)N1CCN(C(=O)c2ccc(C)cc2F)CC1. The number of benzene rings is 1. The van der Waals surface area contributed by atoms with Gasteiger partial charge in [-0.25, -0.2) is 9.18 Å². The molecule has 0 N–H and O–H groups in total. The molecule has 0 saturated carbocycles. The number of hydrogen-bond acceptors (Lipinski definition) is 3. The van der Waals surface area contributed by atoms with Crippen molar-refractivity contribution in [3.05, 3.63) is 35.1 Å². The van der Waals surface area contributed by atoms with E-state index in [0.717, 1.165) is 5.56 Å². The lowest BCUT2D eigenvalue weighted by molar-refractivity contribution is 0.0595. The summed E-state index contributed by atoms with van der Waals surface area (Å²) in [4.78, 5) is 26.6. The van der Waals surface area contributed by atoms with Gasteiger partial charge in [0.05, 0.1) is 12.7 Å². The average molecular weight is 280 g/mol. The molecule has 1 aliphatic heterocycles. The van der Waals surface area contributed by atoms with E-state index in [-0.39, 0.29) is 11.5 Å². The van der Waals surface area contributed by atoms with Crippen LogP contribution in [0.5, 0.6) is 0 Å². The fourth-order valence-electron chi connectivity index (χ4n) is 2.19. The monoisotopic (exact) mass is 280 g/mol. The van der Waals surface area contributed by atoms with Crippen LogP contribution in [0.2, 0.25) is 0 Å². The molecule has 1 aromatic rings. The maximum absolute atomic E-state index is 13.8. The van der Waals surface area contributed by atoms with E-state index >= 15 is 0 Å². The number of hydrogen-bond donors (Lipinski definition) is 0. The van der Waals surface area contributed by atoms with E-state index in [1.165, 1.54) is 24.1 Å². The molecule has 0 bridgehead atoms. The van der Waals surface area contributed by atoms with Crippen molar-refractivity contribution >= 4 is 12.0 Å². The largest absolute Gasteiger partial charge is 0.453 e. The van der Waals surface area contributed by atoms with Crippen LogP contribution in [-0.2, 0) is 4.74 Å². The van der Waals surface area contributed by atoms with E-state index in [1.54, 1.807) is 17.9 Å². The van der Waals surface area contributed by atoms with Gasteiger partial charge in [-0.3, -0.25) is 4.79 Å². The number of nitrogens with zero attached hydrogens (tertiary/aromatic N) is 2. The summed E-state index contributed by atoms with van der Waals surface area (Å²) < 4.78 is 18.4. The van der Waals surface area contributed by atoms with Gasteiger partial charge in [0.25, 0.3) is 5.91 Å². The molecule has 0 radical (unpaired) electrons. The minimum Gasteiger partial charge on any atom is -0.453 e. The molecule has 5 nitrogen and oxygen atoms in total. The maximum Gasteiger partial charge on any atom is 0.409 e. The first-order chi connectivity index (χ1) is 9.52. The second kappa shape index (κ2) is 5.90. The van der Waals surface area contributed by atoms with Crippen molar-refractivity contribution in [1.82, 2.24) is 9.80 Å². The zero-order chi connectivity index (χ0) is 14.7. The average Bonchev–Trinajstić information content (AvgIpc) is 2.46. The van der Waals surface area contributed by atoms with Crippen LogP contribution in [0.15, 0.2) is 18.2 Å². The van der Waals surface area contributed by atoms with Gasteiger partial charge in [0.2, 0.25) is 0 Å². The highest BCUT2D eigenvalue weighted by Crippen LogP contribution is 2.14. The molecule has 2 amide bonds. The number of aryl methyl sites for hydroxylation is 1. The van der Waals surface area contributed by atoms with Crippen molar-refractivity contribution in [1.29, 1.82) is 0 Å². The van der Waals surface area contributed by atoms with Crippen LogP contribution in [0.3, 0.4) is 0 Å². The fourth-order valence-corrected chi connectivity index (χ4v) is 2.19. The molecule has 20 heavy (non-hydrogen) atoms. The Morgan fingerprint density at radius 3 is 2.30 bits per heavy atom. The number of piperazine rings is 1. The van der Waals surface area contributed by atoms with Gasteiger partial charge in [-0.2, -0.15) is 0 Å². The second-order valence-corrected chi connectivity index (χ2v) is 4.73. The topological polar surface area (TPSA) is 49.9 Å². The summed E-state index contributed by atoms with van der Waals surface area (Å²) in [7, 11) is 1.32. The molecule has 0 spiro atoms. The predicted molar refractivity (Wildman–Crippen MR) is 71.0 cm³/mol. The first kappa shape index (κ1) is 14.3. The molecule has 0 aliphatic carbocycles. The van der Waals surface area contributed by atoms with Crippen LogP contribution in [0, 0.1) is 12.7 Å². The Labute approximate surface area is 116 Å². The predicted octanol–water partition coefficient (Wildman–Crippen LogP) is 1.66. The van der Waals surface area contributed by atoms with Crippen LogP contribution in [-0.4, -0.2) is 55.1 Å². The van der Waals surface area contributed by atoms with Crippen LogP contribution >= 0.6 is 0 Å². The van der Waals surface area contributed by atoms with Gasteiger partial charge in [-0.1, -0.05) is 6.07 Å². The van der Waals surface area contributed by atoms with E-state index in [0.29, 0.717) is 26.2 Å². The zero-order valence-corrected chi connectivity index (χ0v) is 11.6. The number of carbonyl (C=O) groups is 2. The Balaban J connectivity index is 2.03. The van der Waals surface area contributed by atoms with Crippen molar-refractivity contribution < 1.29 is 18.7 Å². The molecule has 1 heterocycles. The molecule has 108 valence electrons. The number of methoxy groups -OCH3 is 1. The second-order valence-electron chi connectivity index (χ2n) is 4.73. The summed E-state index contributed by atoms with van der Waals surface area (Å²) in [6.45, 7) is 3.31. The summed E-state index contributed by atoms with van der Waals surface area (Å²) in [6.07, 6.45) is -0.404. The van der Waals surface area contributed by atoms with E-state index < -0.39 is 11.9 Å². The Bertz CT molecular complexity index is 525. The molecule has 1 saturated heterocycles. The Morgan fingerprint density at radius 2 is 1.75 bits per heavy atom. The molecule has 1 aromatic carbocycles. The van der Waals surface area contributed by atoms with Gasteiger partial charge < -0.3 is 14.5 Å².